The van der Waals surface area contributed by atoms with Gasteiger partial charge in [-0.25, -0.2) is 0 Å². The van der Waals surface area contributed by atoms with E-state index in [4.69, 9.17) is 0 Å². The summed E-state index contributed by atoms with van der Waals surface area (Å²) in [6, 6.07) is 16.0. The van der Waals surface area contributed by atoms with Crippen LogP contribution in [0.2, 0.25) is 0 Å². The first-order valence-corrected chi connectivity index (χ1v) is 6.97. The molecule has 20 heavy (non-hydrogen) atoms. The van der Waals surface area contributed by atoms with Gasteiger partial charge in [-0.05, 0) is 36.5 Å². The molecule has 1 atom stereocenters. The summed E-state index contributed by atoms with van der Waals surface area (Å²) in [6.45, 7) is 4.12. The second-order valence-corrected chi connectivity index (χ2v) is 5.18. The van der Waals surface area contributed by atoms with Crippen LogP contribution < -0.4 is 0 Å². The largest absolute Gasteiger partial charge is 0.481 e. The molecular weight excluding hydrogens is 248 g/mol. The number of aryl methyl sites for hydroxylation is 2. The van der Waals surface area contributed by atoms with Gasteiger partial charge in [-0.15, -0.1) is 0 Å². The third-order valence-electron chi connectivity index (χ3n) is 3.65. The van der Waals surface area contributed by atoms with Crippen LogP contribution in [0.4, 0.5) is 0 Å². The highest BCUT2D eigenvalue weighted by atomic mass is 16.4. The van der Waals surface area contributed by atoms with Gasteiger partial charge < -0.3 is 5.11 Å². The van der Waals surface area contributed by atoms with Gasteiger partial charge in [-0.1, -0.05) is 61.0 Å². The molecule has 1 N–H and O–H groups in total. The van der Waals surface area contributed by atoms with E-state index in [1.54, 1.807) is 0 Å². The number of benzene rings is 2. The molecule has 2 aromatic rings. The first kappa shape index (κ1) is 14.3. The van der Waals surface area contributed by atoms with E-state index in [9.17, 15) is 9.90 Å². The maximum Gasteiger partial charge on any atom is 0.311 e. The Hall–Kier alpha value is -2.09. The summed E-state index contributed by atoms with van der Waals surface area (Å²) in [5.41, 5.74) is 4.35. The standard InChI is InChI=1S/C18H20O2/c1-3-14-6-8-15(9-7-14)12-17(18(19)20)16-10-4-13(2)5-11-16/h4-11,17H,3,12H2,1-2H3,(H,19,20). The summed E-state index contributed by atoms with van der Waals surface area (Å²) < 4.78 is 0. The summed E-state index contributed by atoms with van der Waals surface area (Å²) >= 11 is 0. The van der Waals surface area contributed by atoms with E-state index < -0.39 is 11.9 Å². The van der Waals surface area contributed by atoms with Crippen LogP contribution in [0.25, 0.3) is 0 Å². The number of hydrogen-bond donors (Lipinski definition) is 1. The van der Waals surface area contributed by atoms with Crippen molar-refractivity contribution >= 4 is 5.97 Å². The van der Waals surface area contributed by atoms with Crippen LogP contribution >= 0.6 is 0 Å². The third kappa shape index (κ3) is 3.47. The summed E-state index contributed by atoms with van der Waals surface area (Å²) in [6.07, 6.45) is 1.53. The third-order valence-corrected chi connectivity index (χ3v) is 3.65. The van der Waals surface area contributed by atoms with Crippen LogP contribution in [0.5, 0.6) is 0 Å². The zero-order valence-electron chi connectivity index (χ0n) is 12.0. The number of aliphatic carboxylic acids is 1. The van der Waals surface area contributed by atoms with Crippen LogP contribution in [0.3, 0.4) is 0 Å². The number of carboxylic acids is 1. The lowest BCUT2D eigenvalue weighted by molar-refractivity contribution is -0.138. The quantitative estimate of drug-likeness (QED) is 0.891. The van der Waals surface area contributed by atoms with Gasteiger partial charge in [0.1, 0.15) is 0 Å². The van der Waals surface area contributed by atoms with E-state index in [2.05, 4.69) is 19.1 Å². The van der Waals surface area contributed by atoms with Crippen molar-refractivity contribution in [1.82, 2.24) is 0 Å². The first-order valence-electron chi connectivity index (χ1n) is 6.97. The van der Waals surface area contributed by atoms with Gasteiger partial charge in [0.25, 0.3) is 0 Å². The molecule has 2 nitrogen and oxygen atoms in total. The lowest BCUT2D eigenvalue weighted by Gasteiger charge is -2.13. The van der Waals surface area contributed by atoms with Crippen molar-refractivity contribution in [2.75, 3.05) is 0 Å². The van der Waals surface area contributed by atoms with Crippen molar-refractivity contribution in [3.8, 4) is 0 Å². The van der Waals surface area contributed by atoms with E-state index in [1.807, 2.05) is 43.3 Å². The van der Waals surface area contributed by atoms with E-state index in [0.717, 1.165) is 23.1 Å². The molecule has 2 heteroatoms. The van der Waals surface area contributed by atoms with E-state index in [0.29, 0.717) is 6.42 Å². The van der Waals surface area contributed by atoms with Gasteiger partial charge in [0.15, 0.2) is 0 Å². The first-order chi connectivity index (χ1) is 9.60. The van der Waals surface area contributed by atoms with Crippen LogP contribution in [-0.2, 0) is 17.6 Å². The fraction of sp³-hybridized carbons (Fsp3) is 0.278. The van der Waals surface area contributed by atoms with E-state index >= 15 is 0 Å². The van der Waals surface area contributed by atoms with Gasteiger partial charge in [0.2, 0.25) is 0 Å². The highest BCUT2D eigenvalue weighted by Gasteiger charge is 2.20. The Morgan fingerprint density at radius 1 is 1.00 bits per heavy atom. The Bertz CT molecular complexity index is 567. The molecule has 0 saturated carbocycles. The molecule has 1 unspecified atom stereocenters. The van der Waals surface area contributed by atoms with Gasteiger partial charge >= 0.3 is 5.97 Å². The van der Waals surface area contributed by atoms with Crippen LogP contribution in [0.15, 0.2) is 48.5 Å². The lowest BCUT2D eigenvalue weighted by Crippen LogP contribution is -2.14. The Kier molecular flexibility index (Phi) is 4.57. The summed E-state index contributed by atoms with van der Waals surface area (Å²) in [5.74, 6) is -1.25. The molecule has 0 bridgehead atoms. The summed E-state index contributed by atoms with van der Waals surface area (Å²) in [7, 11) is 0. The second-order valence-electron chi connectivity index (χ2n) is 5.18. The van der Waals surface area contributed by atoms with Crippen molar-refractivity contribution in [1.29, 1.82) is 0 Å². The highest BCUT2D eigenvalue weighted by Crippen LogP contribution is 2.22. The molecule has 0 aliphatic rings. The Labute approximate surface area is 120 Å². The monoisotopic (exact) mass is 268 g/mol. The minimum absolute atomic E-state index is 0.483. The Balaban J connectivity index is 2.20. The smallest absolute Gasteiger partial charge is 0.311 e. The molecule has 0 amide bonds. The van der Waals surface area contributed by atoms with Crippen LogP contribution in [-0.4, -0.2) is 11.1 Å². The predicted octanol–water partition coefficient (Wildman–Crippen LogP) is 3.97. The molecule has 104 valence electrons. The molecule has 0 fully saturated rings. The zero-order chi connectivity index (χ0) is 14.5. The molecule has 0 saturated heterocycles. The van der Waals surface area contributed by atoms with Crippen LogP contribution in [0, 0.1) is 6.92 Å². The molecule has 2 aromatic carbocycles. The summed E-state index contributed by atoms with van der Waals surface area (Å²) in [4.78, 5) is 11.5. The minimum Gasteiger partial charge on any atom is -0.481 e. The normalized spacial score (nSPS) is 12.1. The Morgan fingerprint density at radius 2 is 1.55 bits per heavy atom. The fourth-order valence-corrected chi connectivity index (χ4v) is 2.29. The number of rotatable bonds is 5. The van der Waals surface area contributed by atoms with Crippen molar-refractivity contribution in [3.63, 3.8) is 0 Å². The van der Waals surface area contributed by atoms with Crippen molar-refractivity contribution in [3.05, 3.63) is 70.8 Å². The lowest BCUT2D eigenvalue weighted by atomic mass is 9.91. The van der Waals surface area contributed by atoms with Crippen LogP contribution in [0.1, 0.15) is 35.1 Å². The second kappa shape index (κ2) is 6.38. The molecule has 0 aliphatic heterocycles. The minimum atomic E-state index is -0.770. The van der Waals surface area contributed by atoms with Gasteiger partial charge in [-0.3, -0.25) is 4.79 Å². The zero-order valence-corrected chi connectivity index (χ0v) is 12.0. The molecule has 2 rings (SSSR count). The fourth-order valence-electron chi connectivity index (χ4n) is 2.29. The molecule has 0 spiro atoms. The molecule has 0 radical (unpaired) electrons. The van der Waals surface area contributed by atoms with Crippen molar-refractivity contribution in [2.24, 2.45) is 0 Å². The van der Waals surface area contributed by atoms with Gasteiger partial charge in [-0.2, -0.15) is 0 Å². The average Bonchev–Trinajstić information content (AvgIpc) is 2.46. The predicted molar refractivity (Wildman–Crippen MR) is 81.1 cm³/mol. The van der Waals surface area contributed by atoms with E-state index in [-0.39, 0.29) is 0 Å². The Morgan fingerprint density at radius 3 is 2.05 bits per heavy atom. The average molecular weight is 268 g/mol. The highest BCUT2D eigenvalue weighted by molar-refractivity contribution is 5.76. The molecular formula is C18H20O2. The summed E-state index contributed by atoms with van der Waals surface area (Å²) in [5, 5.41) is 9.46. The number of hydrogen-bond acceptors (Lipinski definition) is 1. The molecule has 0 aromatic heterocycles. The molecule has 0 aliphatic carbocycles. The maximum atomic E-state index is 11.5. The maximum absolute atomic E-state index is 11.5. The number of carboxylic acid groups (broad SMARTS) is 1. The topological polar surface area (TPSA) is 37.3 Å². The van der Waals surface area contributed by atoms with Gasteiger partial charge in [0, 0.05) is 0 Å². The van der Waals surface area contributed by atoms with Crippen molar-refractivity contribution < 1.29 is 9.90 Å². The van der Waals surface area contributed by atoms with E-state index in [1.165, 1.54) is 5.56 Å². The number of carbonyl (C=O) groups is 1. The van der Waals surface area contributed by atoms with Gasteiger partial charge in [0.05, 0.1) is 5.92 Å². The molecule has 0 heterocycles. The SMILES string of the molecule is CCc1ccc(CC(C(=O)O)c2ccc(C)cc2)cc1. The van der Waals surface area contributed by atoms with Crippen molar-refractivity contribution in [2.45, 2.75) is 32.6 Å².